The van der Waals surface area contributed by atoms with Crippen molar-refractivity contribution in [3.63, 3.8) is 0 Å². The Morgan fingerprint density at radius 1 is 1.34 bits per heavy atom. The third-order valence-electron chi connectivity index (χ3n) is 4.93. The van der Waals surface area contributed by atoms with Crippen LogP contribution in [-0.4, -0.2) is 41.9 Å². The zero-order valence-electron chi connectivity index (χ0n) is 14.7. The van der Waals surface area contributed by atoms with E-state index < -0.39 is 35.6 Å². The summed E-state index contributed by atoms with van der Waals surface area (Å²) in [5.41, 5.74) is 1.18. The number of halogens is 3. The van der Waals surface area contributed by atoms with E-state index >= 15 is 0 Å². The van der Waals surface area contributed by atoms with E-state index in [4.69, 9.17) is 4.42 Å². The van der Waals surface area contributed by atoms with Gasteiger partial charge in [-0.15, -0.1) is 0 Å². The number of carbonyl (C=O) groups excluding carboxylic acids is 1. The molecule has 1 aliphatic heterocycles. The van der Waals surface area contributed by atoms with Crippen LogP contribution in [0, 0.1) is 5.82 Å². The molecule has 1 atom stereocenters. The zero-order valence-corrected chi connectivity index (χ0v) is 14.7. The summed E-state index contributed by atoms with van der Waals surface area (Å²) in [5.74, 6) is -1.76. The van der Waals surface area contributed by atoms with Gasteiger partial charge in [-0.05, 0) is 18.2 Å². The Bertz CT molecular complexity index is 1210. The second kappa shape index (κ2) is 6.47. The van der Waals surface area contributed by atoms with E-state index in [0.717, 1.165) is 12.1 Å². The fourth-order valence-electron chi connectivity index (χ4n) is 3.63. The van der Waals surface area contributed by atoms with Crippen LogP contribution in [0.4, 0.5) is 13.2 Å². The first kappa shape index (κ1) is 17.5. The number of H-pyrrole nitrogens is 1. The van der Waals surface area contributed by atoms with Crippen molar-refractivity contribution >= 4 is 11.4 Å². The number of alkyl halides is 2. The van der Waals surface area contributed by atoms with Gasteiger partial charge in [-0.3, -0.25) is 4.79 Å². The van der Waals surface area contributed by atoms with Crippen molar-refractivity contribution < 1.29 is 22.4 Å². The molecule has 4 aromatic rings. The van der Waals surface area contributed by atoms with Crippen LogP contribution in [-0.2, 0) is 6.42 Å². The van der Waals surface area contributed by atoms with Crippen molar-refractivity contribution in [3.05, 3.63) is 71.5 Å². The Balaban J connectivity index is 1.63. The zero-order chi connectivity index (χ0) is 20.1. The maximum atomic E-state index is 14.2. The molecule has 0 saturated carbocycles. The highest BCUT2D eigenvalue weighted by molar-refractivity contribution is 5.93. The number of carbonyl (C=O) groups is 1. The molecule has 1 amide bonds. The second-order valence-corrected chi connectivity index (χ2v) is 6.54. The maximum Gasteiger partial charge on any atom is 0.292 e. The molecule has 1 unspecified atom stereocenters. The quantitative estimate of drug-likeness (QED) is 0.569. The third-order valence-corrected chi connectivity index (χ3v) is 4.93. The lowest BCUT2D eigenvalue weighted by atomic mass is 9.99. The van der Waals surface area contributed by atoms with Crippen LogP contribution in [0.25, 0.3) is 5.52 Å². The first-order chi connectivity index (χ1) is 14.0. The summed E-state index contributed by atoms with van der Waals surface area (Å²) in [5, 5.41) is 4.38. The fourth-order valence-corrected chi connectivity index (χ4v) is 3.63. The lowest BCUT2D eigenvalue weighted by Gasteiger charge is -2.33. The number of fused-ring (bicyclic) bond motifs is 2. The molecule has 148 valence electrons. The highest BCUT2D eigenvalue weighted by Crippen LogP contribution is 2.35. The topological polar surface area (TPSA) is 92.3 Å². The molecule has 1 aliphatic rings. The summed E-state index contributed by atoms with van der Waals surface area (Å²) in [6.07, 6.45) is 1.36. The van der Waals surface area contributed by atoms with Crippen molar-refractivity contribution in [3.8, 4) is 0 Å². The van der Waals surface area contributed by atoms with E-state index in [1.807, 2.05) is 0 Å². The average Bonchev–Trinajstić information content (AvgIpc) is 3.44. The van der Waals surface area contributed by atoms with Crippen LogP contribution >= 0.6 is 0 Å². The molecule has 0 aliphatic carbocycles. The first-order valence-corrected chi connectivity index (χ1v) is 8.73. The predicted octanol–water partition coefficient (Wildman–Crippen LogP) is 2.91. The number of amides is 1. The molecule has 29 heavy (non-hydrogen) atoms. The average molecular weight is 402 g/mol. The van der Waals surface area contributed by atoms with Gasteiger partial charge in [-0.1, -0.05) is 0 Å². The normalized spacial score (nSPS) is 16.6. The van der Waals surface area contributed by atoms with Crippen LogP contribution in [0.15, 0.2) is 41.5 Å². The summed E-state index contributed by atoms with van der Waals surface area (Å²) in [4.78, 5) is 25.2. The molecular formula is C18H13F3N6O2. The number of imidazole rings is 1. The van der Waals surface area contributed by atoms with E-state index in [9.17, 15) is 18.0 Å². The van der Waals surface area contributed by atoms with E-state index in [1.54, 1.807) is 6.20 Å². The van der Waals surface area contributed by atoms with Crippen LogP contribution in [0.2, 0.25) is 0 Å². The monoisotopic (exact) mass is 402 g/mol. The molecule has 5 heterocycles. The molecule has 0 bridgehead atoms. The van der Waals surface area contributed by atoms with E-state index in [0.29, 0.717) is 17.8 Å². The molecule has 0 fully saturated rings. The molecule has 8 nitrogen and oxygen atoms in total. The molecule has 0 saturated heterocycles. The number of hydrogen-bond acceptors (Lipinski definition) is 5. The van der Waals surface area contributed by atoms with Gasteiger partial charge in [0, 0.05) is 24.9 Å². The number of hydrogen-bond donors (Lipinski definition) is 1. The third kappa shape index (κ3) is 2.69. The van der Waals surface area contributed by atoms with Gasteiger partial charge in [0.2, 0.25) is 5.76 Å². The highest BCUT2D eigenvalue weighted by atomic mass is 19.3. The van der Waals surface area contributed by atoms with Crippen molar-refractivity contribution in [2.45, 2.75) is 18.9 Å². The van der Waals surface area contributed by atoms with Gasteiger partial charge in [0.05, 0.1) is 17.7 Å². The predicted molar refractivity (Wildman–Crippen MR) is 91.8 cm³/mol. The van der Waals surface area contributed by atoms with Crippen molar-refractivity contribution in [2.24, 2.45) is 0 Å². The van der Waals surface area contributed by atoms with Gasteiger partial charge in [-0.25, -0.2) is 27.7 Å². The first-order valence-electron chi connectivity index (χ1n) is 8.73. The van der Waals surface area contributed by atoms with Crippen molar-refractivity contribution in [1.82, 2.24) is 29.5 Å². The standard InChI is InChI=1S/C18H13F3N6O2/c19-9-2-1-4-27-12(9)6-11(25-27)15-13-10(22-7-23-13)3-5-26(15)18(28)16-14(17(20)21)24-8-29-16/h1-2,4,6-8,15,17H,3,5H2,(H,22,23). The SMILES string of the molecule is O=C(c1ocnc1C(F)F)N1CCc2[nH]cnc2C1c1cc2c(F)cccn2n1. The molecular weight excluding hydrogens is 389 g/mol. The van der Waals surface area contributed by atoms with E-state index in [2.05, 4.69) is 20.1 Å². The van der Waals surface area contributed by atoms with Crippen molar-refractivity contribution in [2.75, 3.05) is 6.54 Å². The molecule has 5 rings (SSSR count). The van der Waals surface area contributed by atoms with Crippen LogP contribution < -0.4 is 0 Å². The minimum absolute atomic E-state index is 0.207. The van der Waals surface area contributed by atoms with Gasteiger partial charge < -0.3 is 14.3 Å². The number of oxazole rings is 1. The summed E-state index contributed by atoms with van der Waals surface area (Å²) in [6.45, 7) is 0.207. The summed E-state index contributed by atoms with van der Waals surface area (Å²) < 4.78 is 46.9. The van der Waals surface area contributed by atoms with Crippen LogP contribution in [0.3, 0.4) is 0 Å². The molecule has 11 heteroatoms. The van der Waals surface area contributed by atoms with Gasteiger partial charge in [-0.2, -0.15) is 5.10 Å². The molecule has 4 aromatic heterocycles. The Hall–Kier alpha value is -3.63. The van der Waals surface area contributed by atoms with Gasteiger partial charge in [0.15, 0.2) is 12.1 Å². The van der Waals surface area contributed by atoms with E-state index in [-0.39, 0.29) is 12.1 Å². The fraction of sp³-hybridized carbons (Fsp3) is 0.222. The smallest absolute Gasteiger partial charge is 0.292 e. The van der Waals surface area contributed by atoms with Crippen LogP contribution in [0.5, 0.6) is 0 Å². The Morgan fingerprint density at radius 2 is 2.21 bits per heavy atom. The summed E-state index contributed by atoms with van der Waals surface area (Å²) in [7, 11) is 0. The van der Waals surface area contributed by atoms with Gasteiger partial charge in [0.1, 0.15) is 17.4 Å². The summed E-state index contributed by atoms with van der Waals surface area (Å²) in [6, 6.07) is 3.52. The molecule has 0 aromatic carbocycles. The molecule has 0 spiro atoms. The minimum Gasteiger partial charge on any atom is -0.438 e. The lowest BCUT2D eigenvalue weighted by Crippen LogP contribution is -2.41. The minimum atomic E-state index is -2.96. The number of pyridine rings is 1. The largest absolute Gasteiger partial charge is 0.438 e. The number of nitrogens with zero attached hydrogens (tertiary/aromatic N) is 5. The lowest BCUT2D eigenvalue weighted by molar-refractivity contribution is 0.0639. The molecule has 0 radical (unpaired) electrons. The Labute approximate surface area is 161 Å². The number of aromatic nitrogens is 5. The number of rotatable bonds is 3. The Kier molecular flexibility index (Phi) is 3.89. The second-order valence-electron chi connectivity index (χ2n) is 6.54. The van der Waals surface area contributed by atoms with Gasteiger partial charge >= 0.3 is 0 Å². The van der Waals surface area contributed by atoms with Crippen molar-refractivity contribution in [1.29, 1.82) is 0 Å². The van der Waals surface area contributed by atoms with Crippen LogP contribution in [0.1, 0.15) is 45.8 Å². The maximum absolute atomic E-state index is 14.2. The summed E-state index contributed by atoms with van der Waals surface area (Å²) >= 11 is 0. The number of aromatic amines is 1. The molecule has 1 N–H and O–H groups in total. The number of nitrogens with one attached hydrogen (secondary N) is 1. The van der Waals surface area contributed by atoms with E-state index in [1.165, 1.54) is 33.9 Å². The Morgan fingerprint density at radius 3 is 3.00 bits per heavy atom. The highest BCUT2D eigenvalue weighted by Gasteiger charge is 2.39. The van der Waals surface area contributed by atoms with Gasteiger partial charge in [0.25, 0.3) is 12.3 Å².